The van der Waals surface area contributed by atoms with Crippen LogP contribution in [0.2, 0.25) is 0 Å². The molecule has 1 aromatic heterocycles. The van der Waals surface area contributed by atoms with Crippen LogP contribution >= 0.6 is 11.8 Å². The lowest BCUT2D eigenvalue weighted by atomic mass is 10.1. The Morgan fingerprint density at radius 2 is 2.16 bits per heavy atom. The van der Waals surface area contributed by atoms with Gasteiger partial charge in [0.15, 0.2) is 0 Å². The first kappa shape index (κ1) is 14.1. The third-order valence-electron chi connectivity index (χ3n) is 2.89. The average molecular weight is 285 g/mol. The Balaban J connectivity index is 2.04. The molecular weight excluding hydrogens is 266 g/mol. The van der Waals surface area contributed by atoms with Crippen LogP contribution in [-0.2, 0) is 9.53 Å². The molecular formula is C11H19N5O2S. The smallest absolute Gasteiger partial charge is 0.236 e. The minimum atomic E-state index is -0.201. The number of nitrogens with two attached hydrogens (primary N) is 1. The van der Waals surface area contributed by atoms with Gasteiger partial charge in [0, 0.05) is 13.1 Å². The van der Waals surface area contributed by atoms with Gasteiger partial charge in [-0.15, -0.1) is 5.10 Å². The molecule has 1 aliphatic heterocycles. The number of aromatic amines is 1. The fourth-order valence-corrected chi connectivity index (χ4v) is 2.86. The summed E-state index contributed by atoms with van der Waals surface area (Å²) in [6.07, 6.45) is 0. The van der Waals surface area contributed by atoms with E-state index in [9.17, 15) is 4.79 Å². The highest BCUT2D eigenvalue weighted by molar-refractivity contribution is 8.00. The van der Waals surface area contributed by atoms with E-state index in [0.29, 0.717) is 31.5 Å². The molecule has 7 nitrogen and oxygen atoms in total. The number of hydrogen-bond donors (Lipinski definition) is 2. The van der Waals surface area contributed by atoms with Gasteiger partial charge in [-0.1, -0.05) is 25.6 Å². The van der Waals surface area contributed by atoms with E-state index in [1.165, 1.54) is 11.8 Å². The van der Waals surface area contributed by atoms with Gasteiger partial charge >= 0.3 is 0 Å². The molecule has 0 bridgehead atoms. The van der Waals surface area contributed by atoms with Crippen molar-refractivity contribution in [2.75, 3.05) is 32.0 Å². The monoisotopic (exact) mass is 285 g/mol. The van der Waals surface area contributed by atoms with Crippen molar-refractivity contribution in [3.8, 4) is 0 Å². The summed E-state index contributed by atoms with van der Waals surface area (Å²) in [6, 6.07) is 0. The Morgan fingerprint density at radius 3 is 2.68 bits per heavy atom. The molecule has 0 aromatic carbocycles. The van der Waals surface area contributed by atoms with Crippen LogP contribution in [0.1, 0.15) is 13.8 Å². The van der Waals surface area contributed by atoms with Crippen molar-refractivity contribution in [1.29, 1.82) is 0 Å². The second-order valence-corrected chi connectivity index (χ2v) is 5.83. The summed E-state index contributed by atoms with van der Waals surface area (Å²) in [7, 11) is 0. The molecule has 1 fully saturated rings. The number of amides is 1. The third-order valence-corrected chi connectivity index (χ3v) is 4.28. The largest absolute Gasteiger partial charge is 0.378 e. The summed E-state index contributed by atoms with van der Waals surface area (Å²) in [6.45, 7) is 6.55. The molecule has 19 heavy (non-hydrogen) atoms. The van der Waals surface area contributed by atoms with Gasteiger partial charge in [0.05, 0.1) is 18.5 Å². The highest BCUT2D eigenvalue weighted by atomic mass is 32.2. The summed E-state index contributed by atoms with van der Waals surface area (Å²) >= 11 is 1.35. The van der Waals surface area contributed by atoms with Crippen molar-refractivity contribution < 1.29 is 9.53 Å². The van der Waals surface area contributed by atoms with Crippen molar-refractivity contribution in [1.82, 2.24) is 20.1 Å². The van der Waals surface area contributed by atoms with Gasteiger partial charge in [0.25, 0.3) is 0 Å². The molecule has 0 saturated carbocycles. The number of nitrogens with one attached hydrogen (secondary N) is 1. The lowest BCUT2D eigenvalue weighted by Crippen LogP contribution is -2.46. The zero-order chi connectivity index (χ0) is 13.8. The number of morpholine rings is 1. The fourth-order valence-electron chi connectivity index (χ4n) is 1.86. The lowest BCUT2D eigenvalue weighted by Gasteiger charge is -2.31. The summed E-state index contributed by atoms with van der Waals surface area (Å²) in [5.41, 5.74) is 5.49. The number of ether oxygens (including phenoxy) is 1. The van der Waals surface area contributed by atoms with E-state index >= 15 is 0 Å². The van der Waals surface area contributed by atoms with E-state index in [0.717, 1.165) is 0 Å². The second kappa shape index (κ2) is 6.25. The van der Waals surface area contributed by atoms with E-state index in [4.69, 9.17) is 10.5 Å². The quantitative estimate of drug-likeness (QED) is 0.775. The maximum absolute atomic E-state index is 12.5. The van der Waals surface area contributed by atoms with Gasteiger partial charge in [-0.2, -0.15) is 4.98 Å². The normalized spacial score (nSPS) is 17.7. The van der Waals surface area contributed by atoms with Crippen LogP contribution in [-0.4, -0.2) is 57.5 Å². The van der Waals surface area contributed by atoms with Crippen molar-refractivity contribution in [3.63, 3.8) is 0 Å². The average Bonchev–Trinajstić information content (AvgIpc) is 2.81. The van der Waals surface area contributed by atoms with Crippen LogP contribution in [0, 0.1) is 5.92 Å². The van der Waals surface area contributed by atoms with Crippen molar-refractivity contribution in [3.05, 3.63) is 0 Å². The zero-order valence-electron chi connectivity index (χ0n) is 11.1. The number of carbonyl (C=O) groups is 1. The molecule has 1 aromatic rings. The van der Waals surface area contributed by atoms with Gasteiger partial charge in [-0.3, -0.25) is 4.79 Å². The number of H-pyrrole nitrogens is 1. The molecule has 8 heteroatoms. The molecule has 1 aliphatic rings. The van der Waals surface area contributed by atoms with E-state index in [1.54, 1.807) is 0 Å². The third kappa shape index (κ3) is 3.60. The number of hydrogen-bond acceptors (Lipinski definition) is 6. The van der Waals surface area contributed by atoms with Gasteiger partial charge in [0.2, 0.25) is 17.0 Å². The minimum absolute atomic E-state index is 0.117. The van der Waals surface area contributed by atoms with Gasteiger partial charge in [0.1, 0.15) is 0 Å². The van der Waals surface area contributed by atoms with E-state index in [2.05, 4.69) is 15.2 Å². The molecule has 0 unspecified atom stereocenters. The summed E-state index contributed by atoms with van der Waals surface area (Å²) < 4.78 is 5.26. The molecule has 1 atom stereocenters. The Kier molecular flexibility index (Phi) is 4.65. The Morgan fingerprint density at radius 1 is 1.47 bits per heavy atom. The Labute approximate surface area is 116 Å². The Hall–Kier alpha value is -1.28. The maximum Gasteiger partial charge on any atom is 0.236 e. The van der Waals surface area contributed by atoms with Crippen molar-refractivity contribution in [2.24, 2.45) is 5.92 Å². The SMILES string of the molecule is CC(C)[C@@H](Sc1n[nH]c(N)n1)C(=O)N1CCOCC1. The molecule has 3 N–H and O–H groups in total. The first-order valence-electron chi connectivity index (χ1n) is 6.29. The van der Waals surface area contributed by atoms with Crippen molar-refractivity contribution >= 4 is 23.6 Å². The molecule has 1 saturated heterocycles. The summed E-state index contributed by atoms with van der Waals surface area (Å²) in [5.74, 6) is 0.579. The summed E-state index contributed by atoms with van der Waals surface area (Å²) in [4.78, 5) is 18.4. The van der Waals surface area contributed by atoms with E-state index in [-0.39, 0.29) is 23.0 Å². The summed E-state index contributed by atoms with van der Waals surface area (Å²) in [5, 5.41) is 6.87. The number of nitrogen functional groups attached to an aromatic ring is 1. The van der Waals surface area contributed by atoms with Crippen LogP contribution in [0.4, 0.5) is 5.95 Å². The molecule has 0 aliphatic carbocycles. The standard InChI is InChI=1S/C11H19N5O2S/c1-7(2)8(19-11-13-10(12)14-15-11)9(17)16-3-5-18-6-4-16/h7-8H,3-6H2,1-2H3,(H3,12,13,14,15)/t8-/m1/s1. The molecule has 0 radical (unpaired) electrons. The molecule has 2 heterocycles. The van der Waals surface area contributed by atoms with Crippen LogP contribution in [0.25, 0.3) is 0 Å². The maximum atomic E-state index is 12.5. The number of carbonyl (C=O) groups excluding carboxylic acids is 1. The van der Waals surface area contributed by atoms with E-state index < -0.39 is 0 Å². The van der Waals surface area contributed by atoms with Crippen LogP contribution in [0.5, 0.6) is 0 Å². The van der Waals surface area contributed by atoms with Crippen LogP contribution in [0.15, 0.2) is 5.16 Å². The zero-order valence-corrected chi connectivity index (χ0v) is 11.9. The van der Waals surface area contributed by atoms with Crippen LogP contribution < -0.4 is 5.73 Å². The van der Waals surface area contributed by atoms with E-state index in [1.807, 2.05) is 18.7 Å². The highest BCUT2D eigenvalue weighted by Crippen LogP contribution is 2.27. The first-order chi connectivity index (χ1) is 9.08. The first-order valence-corrected chi connectivity index (χ1v) is 7.17. The number of nitrogens with zero attached hydrogens (tertiary/aromatic N) is 3. The number of anilines is 1. The fraction of sp³-hybridized carbons (Fsp3) is 0.727. The molecule has 106 valence electrons. The number of thioether (sulfide) groups is 1. The lowest BCUT2D eigenvalue weighted by molar-refractivity contribution is -0.135. The second-order valence-electron chi connectivity index (χ2n) is 4.72. The Bertz CT molecular complexity index is 430. The van der Waals surface area contributed by atoms with Gasteiger partial charge in [-0.25, -0.2) is 5.10 Å². The molecule has 0 spiro atoms. The molecule has 1 amide bonds. The van der Waals surface area contributed by atoms with Crippen LogP contribution in [0.3, 0.4) is 0 Å². The predicted molar refractivity (Wildman–Crippen MR) is 72.7 cm³/mol. The molecule has 2 rings (SSSR count). The van der Waals surface area contributed by atoms with Crippen molar-refractivity contribution in [2.45, 2.75) is 24.3 Å². The minimum Gasteiger partial charge on any atom is -0.378 e. The number of rotatable bonds is 4. The predicted octanol–water partition coefficient (Wildman–Crippen LogP) is 0.362. The van der Waals surface area contributed by atoms with Gasteiger partial charge in [-0.05, 0) is 5.92 Å². The highest BCUT2D eigenvalue weighted by Gasteiger charge is 2.30. The van der Waals surface area contributed by atoms with Gasteiger partial charge < -0.3 is 15.4 Å². The topological polar surface area (TPSA) is 97.1 Å². The number of aromatic nitrogens is 3.